The monoisotopic (exact) mass is 273 g/mol. The Hall–Kier alpha value is -0.820. The zero-order valence-electron chi connectivity index (χ0n) is 13.7. The SMILES string of the molecule is Cc1ccccc1[C@H](C)NC1CCCC(C(C)C)CC1. The molecule has 0 spiro atoms. The van der Waals surface area contributed by atoms with Crippen LogP contribution in [0.3, 0.4) is 0 Å². The first-order chi connectivity index (χ1) is 9.58. The summed E-state index contributed by atoms with van der Waals surface area (Å²) in [6.07, 6.45) is 6.91. The molecule has 1 N–H and O–H groups in total. The quantitative estimate of drug-likeness (QED) is 0.739. The average Bonchev–Trinajstić information content (AvgIpc) is 2.65. The van der Waals surface area contributed by atoms with Gasteiger partial charge in [0.1, 0.15) is 0 Å². The van der Waals surface area contributed by atoms with Crippen molar-refractivity contribution in [2.75, 3.05) is 0 Å². The van der Waals surface area contributed by atoms with Gasteiger partial charge in [-0.15, -0.1) is 0 Å². The fourth-order valence-corrected chi connectivity index (χ4v) is 3.68. The lowest BCUT2D eigenvalue weighted by Gasteiger charge is -2.24. The molecule has 3 atom stereocenters. The van der Waals surface area contributed by atoms with E-state index in [1.165, 1.54) is 43.2 Å². The second-order valence-corrected chi connectivity index (χ2v) is 6.95. The first-order valence-corrected chi connectivity index (χ1v) is 8.39. The molecule has 1 nitrogen and oxygen atoms in total. The van der Waals surface area contributed by atoms with Gasteiger partial charge in [-0.3, -0.25) is 0 Å². The third kappa shape index (κ3) is 4.09. The van der Waals surface area contributed by atoms with Crippen LogP contribution in [0.1, 0.15) is 70.0 Å². The molecule has 20 heavy (non-hydrogen) atoms. The molecule has 0 heterocycles. The van der Waals surface area contributed by atoms with Crippen molar-refractivity contribution in [2.24, 2.45) is 11.8 Å². The Bertz CT molecular complexity index is 410. The Morgan fingerprint density at radius 2 is 1.75 bits per heavy atom. The minimum absolute atomic E-state index is 0.469. The summed E-state index contributed by atoms with van der Waals surface area (Å²) >= 11 is 0. The van der Waals surface area contributed by atoms with E-state index >= 15 is 0 Å². The third-order valence-corrected chi connectivity index (χ3v) is 5.10. The minimum Gasteiger partial charge on any atom is -0.307 e. The van der Waals surface area contributed by atoms with E-state index < -0.39 is 0 Å². The van der Waals surface area contributed by atoms with Crippen molar-refractivity contribution in [3.8, 4) is 0 Å². The van der Waals surface area contributed by atoms with Crippen molar-refractivity contribution >= 4 is 0 Å². The Labute approximate surface area is 125 Å². The molecule has 0 aliphatic heterocycles. The van der Waals surface area contributed by atoms with Gasteiger partial charge in [0.15, 0.2) is 0 Å². The highest BCUT2D eigenvalue weighted by Crippen LogP contribution is 2.30. The summed E-state index contributed by atoms with van der Waals surface area (Å²) in [5, 5.41) is 3.88. The zero-order valence-corrected chi connectivity index (χ0v) is 13.7. The number of rotatable bonds is 4. The molecule has 1 aromatic carbocycles. The van der Waals surface area contributed by atoms with Gasteiger partial charge in [-0.2, -0.15) is 0 Å². The van der Waals surface area contributed by atoms with E-state index in [1.54, 1.807) is 0 Å². The Morgan fingerprint density at radius 1 is 1.00 bits per heavy atom. The summed E-state index contributed by atoms with van der Waals surface area (Å²) in [5.41, 5.74) is 2.86. The van der Waals surface area contributed by atoms with E-state index in [9.17, 15) is 0 Å². The van der Waals surface area contributed by atoms with Crippen molar-refractivity contribution in [3.63, 3.8) is 0 Å². The highest BCUT2D eigenvalue weighted by Gasteiger charge is 2.22. The van der Waals surface area contributed by atoms with Crippen LogP contribution in [0.4, 0.5) is 0 Å². The summed E-state index contributed by atoms with van der Waals surface area (Å²) in [5.74, 6) is 1.79. The summed E-state index contributed by atoms with van der Waals surface area (Å²) < 4.78 is 0. The lowest BCUT2D eigenvalue weighted by molar-refractivity contribution is 0.335. The molecular weight excluding hydrogens is 242 g/mol. The van der Waals surface area contributed by atoms with Gasteiger partial charge in [0, 0.05) is 12.1 Å². The minimum atomic E-state index is 0.469. The zero-order chi connectivity index (χ0) is 14.5. The summed E-state index contributed by atoms with van der Waals surface area (Å²) in [6, 6.07) is 9.94. The number of hydrogen-bond donors (Lipinski definition) is 1. The highest BCUT2D eigenvalue weighted by atomic mass is 14.9. The van der Waals surface area contributed by atoms with Crippen LogP contribution in [-0.4, -0.2) is 6.04 Å². The average molecular weight is 273 g/mol. The van der Waals surface area contributed by atoms with Gasteiger partial charge >= 0.3 is 0 Å². The first-order valence-electron chi connectivity index (χ1n) is 8.39. The van der Waals surface area contributed by atoms with E-state index in [2.05, 4.69) is 57.3 Å². The van der Waals surface area contributed by atoms with Gasteiger partial charge in [-0.25, -0.2) is 0 Å². The fourth-order valence-electron chi connectivity index (χ4n) is 3.68. The van der Waals surface area contributed by atoms with Gasteiger partial charge in [0.25, 0.3) is 0 Å². The third-order valence-electron chi connectivity index (χ3n) is 5.10. The van der Waals surface area contributed by atoms with Gasteiger partial charge < -0.3 is 5.32 Å². The summed E-state index contributed by atoms with van der Waals surface area (Å²) in [7, 11) is 0. The molecule has 0 amide bonds. The Balaban J connectivity index is 1.92. The number of nitrogens with one attached hydrogen (secondary N) is 1. The van der Waals surface area contributed by atoms with Crippen molar-refractivity contribution in [2.45, 2.75) is 71.9 Å². The molecule has 0 aromatic heterocycles. The second-order valence-electron chi connectivity index (χ2n) is 6.95. The predicted octanol–water partition coefficient (Wildman–Crippen LogP) is 5.25. The molecule has 0 radical (unpaired) electrons. The van der Waals surface area contributed by atoms with Crippen molar-refractivity contribution < 1.29 is 0 Å². The van der Waals surface area contributed by atoms with Crippen LogP contribution < -0.4 is 5.32 Å². The fraction of sp³-hybridized carbons (Fsp3) is 0.684. The number of hydrogen-bond acceptors (Lipinski definition) is 1. The van der Waals surface area contributed by atoms with Crippen LogP contribution in [0.2, 0.25) is 0 Å². The maximum absolute atomic E-state index is 3.88. The van der Waals surface area contributed by atoms with Crippen LogP contribution in [-0.2, 0) is 0 Å². The Morgan fingerprint density at radius 3 is 2.45 bits per heavy atom. The smallest absolute Gasteiger partial charge is 0.0296 e. The predicted molar refractivity (Wildman–Crippen MR) is 87.9 cm³/mol. The molecule has 1 aliphatic rings. The first kappa shape index (κ1) is 15.6. The number of benzene rings is 1. The molecule has 2 unspecified atom stereocenters. The molecule has 1 aliphatic carbocycles. The molecule has 1 aromatic rings. The van der Waals surface area contributed by atoms with Crippen molar-refractivity contribution in [1.29, 1.82) is 0 Å². The molecule has 2 rings (SSSR count). The van der Waals surface area contributed by atoms with E-state index in [0.717, 1.165) is 11.8 Å². The highest BCUT2D eigenvalue weighted by molar-refractivity contribution is 5.28. The van der Waals surface area contributed by atoms with Gasteiger partial charge in [-0.05, 0) is 56.1 Å². The standard InChI is InChI=1S/C19H31N/c1-14(2)17-9-7-10-18(13-12-17)20-16(4)19-11-6-5-8-15(19)3/h5-6,8,11,14,16-18,20H,7,9-10,12-13H2,1-4H3/t16-,17?,18?/m0/s1. The lowest BCUT2D eigenvalue weighted by Crippen LogP contribution is -2.31. The molecule has 1 heteroatoms. The van der Waals surface area contributed by atoms with Crippen LogP contribution >= 0.6 is 0 Å². The largest absolute Gasteiger partial charge is 0.307 e. The van der Waals surface area contributed by atoms with E-state index in [1.807, 2.05) is 0 Å². The molecule has 0 saturated heterocycles. The van der Waals surface area contributed by atoms with Gasteiger partial charge in [0.2, 0.25) is 0 Å². The topological polar surface area (TPSA) is 12.0 Å². The van der Waals surface area contributed by atoms with E-state index in [0.29, 0.717) is 12.1 Å². The maximum atomic E-state index is 3.88. The Kier molecular flexibility index (Phi) is 5.65. The second kappa shape index (κ2) is 7.26. The number of aryl methyl sites for hydroxylation is 1. The van der Waals surface area contributed by atoms with Crippen LogP contribution in [0.5, 0.6) is 0 Å². The van der Waals surface area contributed by atoms with Gasteiger partial charge in [0.05, 0.1) is 0 Å². The molecule has 1 saturated carbocycles. The van der Waals surface area contributed by atoms with Crippen molar-refractivity contribution in [3.05, 3.63) is 35.4 Å². The summed E-state index contributed by atoms with van der Waals surface area (Å²) in [4.78, 5) is 0. The van der Waals surface area contributed by atoms with Crippen LogP contribution in [0, 0.1) is 18.8 Å². The molecule has 0 bridgehead atoms. The van der Waals surface area contributed by atoms with E-state index in [-0.39, 0.29) is 0 Å². The summed E-state index contributed by atoms with van der Waals surface area (Å²) in [6.45, 7) is 9.30. The van der Waals surface area contributed by atoms with Crippen LogP contribution in [0.15, 0.2) is 24.3 Å². The van der Waals surface area contributed by atoms with Gasteiger partial charge in [-0.1, -0.05) is 51.0 Å². The van der Waals surface area contributed by atoms with E-state index in [4.69, 9.17) is 0 Å². The maximum Gasteiger partial charge on any atom is 0.0296 e. The normalized spacial score (nSPS) is 25.4. The lowest BCUT2D eigenvalue weighted by atomic mass is 9.89. The molecule has 112 valence electrons. The van der Waals surface area contributed by atoms with Crippen molar-refractivity contribution in [1.82, 2.24) is 5.32 Å². The molecular formula is C19H31N. The van der Waals surface area contributed by atoms with Crippen LogP contribution in [0.25, 0.3) is 0 Å². The molecule has 1 fully saturated rings.